The molecule has 1 saturated heterocycles. The number of rotatable bonds is 5. The van der Waals surface area contributed by atoms with Crippen LogP contribution in [-0.4, -0.2) is 46.1 Å². The lowest BCUT2D eigenvalue weighted by molar-refractivity contribution is -0.440. The Morgan fingerprint density at radius 2 is 2.25 bits per heavy atom. The molecule has 2 aliphatic heterocycles. The second-order valence-corrected chi connectivity index (χ2v) is 6.49. The van der Waals surface area contributed by atoms with Crippen molar-refractivity contribution in [3.05, 3.63) is 50.7 Å². The van der Waals surface area contributed by atoms with E-state index in [1.165, 1.54) is 0 Å². The third kappa shape index (κ3) is 3.06. The third-order valence-corrected chi connectivity index (χ3v) is 4.98. The number of allylic oxidation sites excluding steroid dienone is 1. The van der Waals surface area contributed by atoms with Crippen LogP contribution < -0.4 is 0 Å². The smallest absolute Gasteiger partial charge is 0.289 e. The molecule has 0 saturated carbocycles. The summed E-state index contributed by atoms with van der Waals surface area (Å²) in [6, 6.07) is 3.64. The molecule has 0 bridgehead atoms. The summed E-state index contributed by atoms with van der Waals surface area (Å²) in [4.78, 5) is 19.7. The van der Waals surface area contributed by atoms with Gasteiger partial charge in [-0.2, -0.15) is 0 Å². The predicted octanol–water partition coefficient (Wildman–Crippen LogP) is 2.70. The molecule has 1 fully saturated rings. The van der Waals surface area contributed by atoms with E-state index in [-0.39, 0.29) is 17.1 Å². The molecular formula is C16H21ClN4O3. The summed E-state index contributed by atoms with van der Waals surface area (Å²) in [7, 11) is 1.66. The van der Waals surface area contributed by atoms with Crippen LogP contribution in [-0.2, 0) is 11.3 Å². The molecule has 1 aromatic heterocycles. The SMILES string of the molecule is CCC1CC(OC)N2CCN(Cc3ccc(Cl)nc3)C2=C1[N+](=O)[O-]. The van der Waals surface area contributed by atoms with Crippen LogP contribution in [0.3, 0.4) is 0 Å². The first-order chi connectivity index (χ1) is 11.5. The molecule has 7 nitrogen and oxygen atoms in total. The van der Waals surface area contributed by atoms with Crippen molar-refractivity contribution in [2.75, 3.05) is 20.2 Å². The monoisotopic (exact) mass is 352 g/mol. The van der Waals surface area contributed by atoms with Crippen molar-refractivity contribution in [2.45, 2.75) is 32.5 Å². The standard InChI is InChI=1S/C16H21ClN4O3/c1-3-12-8-14(24-2)20-7-6-19(16(20)15(12)21(22)23)10-11-4-5-13(17)18-9-11/h4-5,9,12,14H,3,6-8,10H2,1-2H3. The Hall–Kier alpha value is -1.86. The lowest BCUT2D eigenvalue weighted by atomic mass is 9.93. The molecule has 3 rings (SSSR count). The highest BCUT2D eigenvalue weighted by Gasteiger charge is 2.45. The number of hydrogen-bond donors (Lipinski definition) is 0. The number of aromatic nitrogens is 1. The van der Waals surface area contributed by atoms with Gasteiger partial charge in [-0.05, 0) is 18.1 Å². The molecule has 2 unspecified atom stereocenters. The second kappa shape index (κ2) is 6.94. The van der Waals surface area contributed by atoms with E-state index in [1.807, 2.05) is 17.9 Å². The van der Waals surface area contributed by atoms with Gasteiger partial charge in [0.05, 0.1) is 10.8 Å². The molecule has 130 valence electrons. The van der Waals surface area contributed by atoms with Gasteiger partial charge in [0.15, 0.2) is 5.82 Å². The lowest BCUT2D eigenvalue weighted by Crippen LogP contribution is -2.43. The average molecular weight is 353 g/mol. The van der Waals surface area contributed by atoms with Crippen molar-refractivity contribution >= 4 is 11.6 Å². The molecule has 0 spiro atoms. The largest absolute Gasteiger partial charge is 0.362 e. The molecule has 24 heavy (non-hydrogen) atoms. The van der Waals surface area contributed by atoms with Gasteiger partial charge in [0.2, 0.25) is 0 Å². The van der Waals surface area contributed by atoms with Crippen LogP contribution in [0.4, 0.5) is 0 Å². The predicted molar refractivity (Wildman–Crippen MR) is 89.6 cm³/mol. The number of ether oxygens (including phenoxy) is 1. The van der Waals surface area contributed by atoms with Crippen LogP contribution in [0.25, 0.3) is 0 Å². The van der Waals surface area contributed by atoms with Gasteiger partial charge in [0, 0.05) is 39.4 Å². The van der Waals surface area contributed by atoms with Crippen LogP contribution in [0.1, 0.15) is 25.3 Å². The van der Waals surface area contributed by atoms with Gasteiger partial charge in [-0.1, -0.05) is 24.6 Å². The van der Waals surface area contributed by atoms with Gasteiger partial charge >= 0.3 is 0 Å². The number of methoxy groups -OCH3 is 1. The zero-order chi connectivity index (χ0) is 17.3. The molecule has 2 aliphatic rings. The first-order valence-electron chi connectivity index (χ1n) is 8.08. The van der Waals surface area contributed by atoms with Crippen LogP contribution in [0.15, 0.2) is 29.8 Å². The highest BCUT2D eigenvalue weighted by molar-refractivity contribution is 6.29. The molecule has 8 heteroatoms. The Kier molecular flexibility index (Phi) is 4.91. The average Bonchev–Trinajstić information content (AvgIpc) is 2.98. The number of fused-ring (bicyclic) bond motifs is 1. The van der Waals surface area contributed by atoms with Gasteiger partial charge in [0.1, 0.15) is 11.4 Å². The zero-order valence-corrected chi connectivity index (χ0v) is 14.6. The van der Waals surface area contributed by atoms with Crippen molar-refractivity contribution in [1.82, 2.24) is 14.8 Å². The molecule has 0 amide bonds. The van der Waals surface area contributed by atoms with E-state index in [2.05, 4.69) is 9.88 Å². The maximum atomic E-state index is 11.7. The Bertz CT molecular complexity index is 649. The zero-order valence-electron chi connectivity index (χ0n) is 13.8. The Labute approximate surface area is 146 Å². The Balaban J connectivity index is 1.96. The molecule has 1 aromatic rings. The van der Waals surface area contributed by atoms with E-state index in [0.29, 0.717) is 29.6 Å². The molecule has 0 radical (unpaired) electrons. The Morgan fingerprint density at radius 1 is 1.46 bits per heavy atom. The third-order valence-electron chi connectivity index (χ3n) is 4.76. The fourth-order valence-corrected chi connectivity index (χ4v) is 3.68. The summed E-state index contributed by atoms with van der Waals surface area (Å²) in [5, 5.41) is 12.2. The van der Waals surface area contributed by atoms with E-state index in [4.69, 9.17) is 16.3 Å². The van der Waals surface area contributed by atoms with Crippen molar-refractivity contribution in [1.29, 1.82) is 0 Å². The van der Waals surface area contributed by atoms with E-state index in [0.717, 1.165) is 25.1 Å². The number of nitro groups is 1. The van der Waals surface area contributed by atoms with E-state index in [1.54, 1.807) is 19.4 Å². The van der Waals surface area contributed by atoms with Crippen LogP contribution in [0.5, 0.6) is 0 Å². The van der Waals surface area contributed by atoms with E-state index in [9.17, 15) is 10.1 Å². The first kappa shape index (κ1) is 17.0. The Morgan fingerprint density at radius 3 is 2.83 bits per heavy atom. The molecule has 0 aromatic carbocycles. The van der Waals surface area contributed by atoms with Crippen LogP contribution in [0, 0.1) is 16.0 Å². The highest BCUT2D eigenvalue weighted by Crippen LogP contribution is 2.39. The minimum Gasteiger partial charge on any atom is -0.362 e. The maximum absolute atomic E-state index is 11.7. The van der Waals surface area contributed by atoms with Crippen molar-refractivity contribution in [3.63, 3.8) is 0 Å². The normalized spacial score (nSPS) is 23.6. The van der Waals surface area contributed by atoms with E-state index < -0.39 is 0 Å². The van der Waals surface area contributed by atoms with E-state index >= 15 is 0 Å². The summed E-state index contributed by atoms with van der Waals surface area (Å²) in [6.45, 7) is 4.01. The highest BCUT2D eigenvalue weighted by atomic mass is 35.5. The summed E-state index contributed by atoms with van der Waals surface area (Å²) < 4.78 is 5.59. The number of hydrogen-bond acceptors (Lipinski definition) is 6. The quantitative estimate of drug-likeness (QED) is 0.461. The molecule has 0 aliphatic carbocycles. The van der Waals surface area contributed by atoms with Crippen molar-refractivity contribution in [2.24, 2.45) is 5.92 Å². The second-order valence-electron chi connectivity index (χ2n) is 6.10. The van der Waals surface area contributed by atoms with Gasteiger partial charge in [-0.25, -0.2) is 4.98 Å². The summed E-state index contributed by atoms with van der Waals surface area (Å²) in [6.07, 6.45) is 2.99. The first-order valence-corrected chi connectivity index (χ1v) is 8.46. The molecule has 2 atom stereocenters. The number of nitrogens with zero attached hydrogens (tertiary/aromatic N) is 4. The minimum absolute atomic E-state index is 0.0971. The van der Waals surface area contributed by atoms with Crippen LogP contribution in [0.2, 0.25) is 5.15 Å². The van der Waals surface area contributed by atoms with Crippen LogP contribution >= 0.6 is 11.6 Å². The fraction of sp³-hybridized carbons (Fsp3) is 0.562. The molecule has 0 N–H and O–H groups in total. The summed E-state index contributed by atoms with van der Waals surface area (Å²) >= 11 is 5.83. The van der Waals surface area contributed by atoms with Gasteiger partial charge < -0.3 is 14.5 Å². The molecule has 3 heterocycles. The number of halogens is 1. The lowest BCUT2D eigenvalue weighted by Gasteiger charge is -2.37. The summed E-state index contributed by atoms with van der Waals surface area (Å²) in [5.74, 6) is 0.597. The minimum atomic E-state index is -0.221. The van der Waals surface area contributed by atoms with Gasteiger partial charge in [-0.15, -0.1) is 0 Å². The van der Waals surface area contributed by atoms with Gasteiger partial charge in [0.25, 0.3) is 5.70 Å². The van der Waals surface area contributed by atoms with Gasteiger partial charge in [-0.3, -0.25) is 10.1 Å². The number of pyridine rings is 1. The fourth-order valence-electron chi connectivity index (χ4n) is 3.56. The maximum Gasteiger partial charge on any atom is 0.289 e. The summed E-state index contributed by atoms with van der Waals surface area (Å²) in [5.41, 5.74) is 1.29. The topological polar surface area (TPSA) is 71.7 Å². The van der Waals surface area contributed by atoms with Crippen molar-refractivity contribution in [3.8, 4) is 0 Å². The van der Waals surface area contributed by atoms with Crippen molar-refractivity contribution < 1.29 is 9.66 Å². The molecular weight excluding hydrogens is 332 g/mol.